The van der Waals surface area contributed by atoms with E-state index in [-0.39, 0.29) is 5.91 Å². The normalized spacial score (nSPS) is 10.3. The minimum absolute atomic E-state index is 0.0211. The largest absolute Gasteiger partial charge is 0.341 e. The van der Waals surface area contributed by atoms with Crippen molar-refractivity contribution in [2.45, 2.75) is 20.3 Å². The molecule has 0 saturated carbocycles. The lowest BCUT2D eigenvalue weighted by atomic mass is 10.2. The Balaban J connectivity index is 2.03. The van der Waals surface area contributed by atoms with Crippen LogP contribution in [0.15, 0.2) is 24.3 Å². The van der Waals surface area contributed by atoms with Gasteiger partial charge in [0.05, 0.1) is 6.42 Å². The topological polar surface area (TPSA) is 44.9 Å². The van der Waals surface area contributed by atoms with E-state index >= 15 is 0 Å². The second-order valence-electron chi connectivity index (χ2n) is 4.15. The average Bonchev–Trinajstić information content (AvgIpc) is 2.61. The van der Waals surface area contributed by atoms with E-state index in [2.05, 4.69) is 10.3 Å². The maximum absolute atomic E-state index is 11.9. The summed E-state index contributed by atoms with van der Waals surface area (Å²) >= 11 is 6.50. The van der Waals surface area contributed by atoms with Gasteiger partial charge in [-0.05, 0) is 38.2 Å². The molecule has 1 heterocycles. The standard InChI is InChI=1S/C13H14N2OS2/c1-8-3-5-10(6-4-8)15-12(16)7-11-9(2)14-13(17)18-11/h3-6H,7H2,1-2H3,(H,14,17)(H,15,16). The van der Waals surface area contributed by atoms with Gasteiger partial charge in [0.2, 0.25) is 5.91 Å². The lowest BCUT2D eigenvalue weighted by Crippen LogP contribution is -2.14. The Morgan fingerprint density at radius 3 is 2.56 bits per heavy atom. The molecule has 1 aromatic carbocycles. The van der Waals surface area contributed by atoms with Gasteiger partial charge in [-0.2, -0.15) is 0 Å². The van der Waals surface area contributed by atoms with Gasteiger partial charge in [-0.3, -0.25) is 4.79 Å². The van der Waals surface area contributed by atoms with Crippen molar-refractivity contribution < 1.29 is 4.79 Å². The predicted octanol–water partition coefficient (Wildman–Crippen LogP) is 3.60. The number of aryl methyl sites for hydroxylation is 2. The summed E-state index contributed by atoms with van der Waals surface area (Å²) in [6, 6.07) is 7.75. The van der Waals surface area contributed by atoms with E-state index in [0.29, 0.717) is 10.4 Å². The van der Waals surface area contributed by atoms with Gasteiger partial charge in [0.25, 0.3) is 0 Å². The molecule has 3 nitrogen and oxygen atoms in total. The van der Waals surface area contributed by atoms with E-state index < -0.39 is 0 Å². The zero-order valence-electron chi connectivity index (χ0n) is 10.2. The highest BCUT2D eigenvalue weighted by Crippen LogP contribution is 2.16. The molecule has 0 radical (unpaired) electrons. The predicted molar refractivity (Wildman–Crippen MR) is 77.8 cm³/mol. The Morgan fingerprint density at radius 2 is 2.00 bits per heavy atom. The van der Waals surface area contributed by atoms with Crippen LogP contribution >= 0.6 is 23.6 Å². The van der Waals surface area contributed by atoms with Crippen molar-refractivity contribution in [3.63, 3.8) is 0 Å². The zero-order chi connectivity index (χ0) is 13.1. The molecule has 0 aliphatic rings. The van der Waals surface area contributed by atoms with Gasteiger partial charge in [0.1, 0.15) is 0 Å². The minimum atomic E-state index is -0.0211. The van der Waals surface area contributed by atoms with Crippen LogP contribution in [0, 0.1) is 17.8 Å². The molecule has 1 aromatic heterocycles. The summed E-state index contributed by atoms with van der Waals surface area (Å²) < 4.78 is 0.714. The Morgan fingerprint density at radius 1 is 1.33 bits per heavy atom. The monoisotopic (exact) mass is 278 g/mol. The third kappa shape index (κ3) is 3.27. The summed E-state index contributed by atoms with van der Waals surface area (Å²) in [5.41, 5.74) is 2.97. The second-order valence-corrected chi connectivity index (χ2v) is 5.93. The van der Waals surface area contributed by atoms with Crippen LogP contribution in [0.2, 0.25) is 0 Å². The number of nitrogens with one attached hydrogen (secondary N) is 2. The lowest BCUT2D eigenvalue weighted by Gasteiger charge is -2.04. The minimum Gasteiger partial charge on any atom is -0.341 e. The SMILES string of the molecule is Cc1ccc(NC(=O)Cc2sc(=S)[nH]c2C)cc1. The number of carbonyl (C=O) groups excluding carboxylic acids is 1. The third-order valence-electron chi connectivity index (χ3n) is 2.58. The van der Waals surface area contributed by atoms with E-state index in [4.69, 9.17) is 12.2 Å². The Labute approximate surface area is 115 Å². The number of hydrogen-bond acceptors (Lipinski definition) is 3. The molecule has 2 N–H and O–H groups in total. The molecule has 0 bridgehead atoms. The van der Waals surface area contributed by atoms with Crippen molar-refractivity contribution in [2.24, 2.45) is 0 Å². The molecule has 2 rings (SSSR count). The first-order valence-electron chi connectivity index (χ1n) is 5.59. The van der Waals surface area contributed by atoms with Gasteiger partial charge in [-0.15, -0.1) is 11.3 Å². The van der Waals surface area contributed by atoms with Crippen LogP contribution in [0.1, 0.15) is 16.1 Å². The number of H-pyrrole nitrogens is 1. The molecule has 0 atom stereocenters. The van der Waals surface area contributed by atoms with E-state index in [1.165, 1.54) is 16.9 Å². The van der Waals surface area contributed by atoms with Gasteiger partial charge in [-0.25, -0.2) is 0 Å². The van der Waals surface area contributed by atoms with Crippen molar-refractivity contribution in [3.8, 4) is 0 Å². The summed E-state index contributed by atoms with van der Waals surface area (Å²) in [5, 5.41) is 2.87. The molecule has 0 saturated heterocycles. The number of aromatic amines is 1. The molecule has 1 amide bonds. The molecule has 0 fully saturated rings. The first kappa shape index (κ1) is 13.0. The van der Waals surface area contributed by atoms with Crippen LogP contribution in [-0.4, -0.2) is 10.9 Å². The molecule has 0 spiro atoms. The van der Waals surface area contributed by atoms with E-state index in [0.717, 1.165) is 16.3 Å². The first-order chi connectivity index (χ1) is 8.54. The van der Waals surface area contributed by atoms with Crippen LogP contribution in [0.25, 0.3) is 0 Å². The lowest BCUT2D eigenvalue weighted by molar-refractivity contribution is -0.115. The van der Waals surface area contributed by atoms with Gasteiger partial charge in [-0.1, -0.05) is 17.7 Å². The average molecular weight is 278 g/mol. The van der Waals surface area contributed by atoms with Crippen LogP contribution < -0.4 is 5.32 Å². The Hall–Kier alpha value is -1.46. The summed E-state index contributed by atoms with van der Waals surface area (Å²) in [7, 11) is 0. The van der Waals surface area contributed by atoms with Crippen LogP contribution in [0.3, 0.4) is 0 Å². The summed E-state index contributed by atoms with van der Waals surface area (Å²) in [5.74, 6) is -0.0211. The highest BCUT2D eigenvalue weighted by atomic mass is 32.1. The summed E-state index contributed by atoms with van der Waals surface area (Å²) in [4.78, 5) is 15.9. The number of amides is 1. The fourth-order valence-corrected chi connectivity index (χ4v) is 2.88. The molecule has 5 heteroatoms. The summed E-state index contributed by atoms with van der Waals surface area (Å²) in [6.07, 6.45) is 0.359. The maximum atomic E-state index is 11.9. The third-order valence-corrected chi connectivity index (χ3v) is 3.92. The fraction of sp³-hybridized carbons (Fsp3) is 0.231. The van der Waals surface area contributed by atoms with Crippen molar-refractivity contribution in [1.29, 1.82) is 0 Å². The quantitative estimate of drug-likeness (QED) is 0.843. The highest BCUT2D eigenvalue weighted by Gasteiger charge is 2.08. The van der Waals surface area contributed by atoms with Crippen molar-refractivity contribution >= 4 is 35.1 Å². The molecule has 0 unspecified atom stereocenters. The Kier molecular flexibility index (Phi) is 3.93. The van der Waals surface area contributed by atoms with Crippen molar-refractivity contribution in [1.82, 2.24) is 4.98 Å². The van der Waals surface area contributed by atoms with Crippen LogP contribution in [0.4, 0.5) is 5.69 Å². The number of aromatic nitrogens is 1. The number of rotatable bonds is 3. The highest BCUT2D eigenvalue weighted by molar-refractivity contribution is 7.73. The van der Waals surface area contributed by atoms with Gasteiger partial charge < -0.3 is 10.3 Å². The molecule has 94 valence electrons. The van der Waals surface area contributed by atoms with Crippen molar-refractivity contribution in [3.05, 3.63) is 44.4 Å². The van der Waals surface area contributed by atoms with E-state index in [1.54, 1.807) is 0 Å². The number of carbonyl (C=O) groups is 1. The van der Waals surface area contributed by atoms with Gasteiger partial charge >= 0.3 is 0 Å². The smallest absolute Gasteiger partial charge is 0.229 e. The van der Waals surface area contributed by atoms with Crippen molar-refractivity contribution in [2.75, 3.05) is 5.32 Å². The molecular formula is C13H14N2OS2. The summed E-state index contributed by atoms with van der Waals surface area (Å²) in [6.45, 7) is 3.95. The van der Waals surface area contributed by atoms with Crippen LogP contribution in [-0.2, 0) is 11.2 Å². The second kappa shape index (κ2) is 5.46. The molecular weight excluding hydrogens is 264 g/mol. The number of hydrogen-bond donors (Lipinski definition) is 2. The molecule has 18 heavy (non-hydrogen) atoms. The van der Waals surface area contributed by atoms with Gasteiger partial charge in [0.15, 0.2) is 3.95 Å². The molecule has 0 aliphatic carbocycles. The fourth-order valence-electron chi connectivity index (χ4n) is 1.59. The number of thiazole rings is 1. The van der Waals surface area contributed by atoms with Crippen LogP contribution in [0.5, 0.6) is 0 Å². The first-order valence-corrected chi connectivity index (χ1v) is 6.82. The number of anilines is 1. The molecule has 0 aliphatic heterocycles. The zero-order valence-corrected chi connectivity index (χ0v) is 11.9. The van der Waals surface area contributed by atoms with Gasteiger partial charge in [0, 0.05) is 16.3 Å². The van der Waals surface area contributed by atoms with E-state index in [1.807, 2.05) is 38.1 Å². The Bertz CT molecular complexity index is 611. The maximum Gasteiger partial charge on any atom is 0.229 e. The van der Waals surface area contributed by atoms with E-state index in [9.17, 15) is 4.79 Å². The molecule has 2 aromatic rings. The number of benzene rings is 1.